The summed E-state index contributed by atoms with van der Waals surface area (Å²) >= 11 is 0. The first-order valence-corrected chi connectivity index (χ1v) is 9.07. The van der Waals surface area contributed by atoms with Crippen molar-refractivity contribution in [3.63, 3.8) is 0 Å². The van der Waals surface area contributed by atoms with E-state index in [0.717, 1.165) is 58.8 Å². The minimum atomic E-state index is -0.278. The van der Waals surface area contributed by atoms with E-state index in [0.29, 0.717) is 6.04 Å². The number of nitrogens with one attached hydrogen (secondary N) is 1. The number of hydrogen-bond acceptors (Lipinski definition) is 4. The molecule has 3 heterocycles. The van der Waals surface area contributed by atoms with Gasteiger partial charge in [-0.05, 0) is 30.4 Å². The number of para-hydroxylation sites is 1. The van der Waals surface area contributed by atoms with Crippen molar-refractivity contribution >= 4 is 10.9 Å². The van der Waals surface area contributed by atoms with Gasteiger partial charge in [-0.1, -0.05) is 18.2 Å². The van der Waals surface area contributed by atoms with Crippen LogP contribution in [0.5, 0.6) is 0 Å². The third-order valence-corrected chi connectivity index (χ3v) is 5.30. The zero-order valence-electron chi connectivity index (χ0n) is 14.2. The van der Waals surface area contributed by atoms with Gasteiger partial charge in [-0.2, -0.15) is 0 Å². The average Bonchev–Trinajstić information content (AvgIpc) is 2.91. The molecule has 0 spiro atoms. The third kappa shape index (κ3) is 3.64. The Hall–Kier alpha value is -1.40. The van der Waals surface area contributed by atoms with Gasteiger partial charge in [0, 0.05) is 63.2 Å². The fourth-order valence-electron chi connectivity index (χ4n) is 4.06. The standard InChI is InChI=1S/C19H27N3O2/c23-18-13-21(7-8-22(14-18)17-5-9-24-10-6-17)12-16-11-15-3-1-2-4-19(15)20-16/h1-4,11,17-18,20,23H,5-10,12-14H2/t18-/m1/s1. The third-order valence-electron chi connectivity index (χ3n) is 5.30. The van der Waals surface area contributed by atoms with Crippen LogP contribution in [0.25, 0.3) is 10.9 Å². The van der Waals surface area contributed by atoms with Crippen molar-refractivity contribution in [2.24, 2.45) is 0 Å². The molecule has 1 atom stereocenters. The fraction of sp³-hybridized carbons (Fsp3) is 0.579. The van der Waals surface area contributed by atoms with Gasteiger partial charge in [0.2, 0.25) is 0 Å². The first kappa shape index (κ1) is 16.1. The summed E-state index contributed by atoms with van der Waals surface area (Å²) in [5, 5.41) is 11.7. The maximum absolute atomic E-state index is 10.5. The number of fused-ring (bicyclic) bond motifs is 1. The van der Waals surface area contributed by atoms with Crippen LogP contribution >= 0.6 is 0 Å². The molecule has 2 fully saturated rings. The molecule has 4 rings (SSSR count). The number of H-pyrrole nitrogens is 1. The number of hydrogen-bond donors (Lipinski definition) is 2. The second-order valence-corrected chi connectivity index (χ2v) is 7.11. The van der Waals surface area contributed by atoms with Crippen molar-refractivity contribution < 1.29 is 9.84 Å². The molecule has 2 N–H and O–H groups in total. The van der Waals surface area contributed by atoms with Gasteiger partial charge in [0.05, 0.1) is 6.10 Å². The second kappa shape index (κ2) is 7.23. The Labute approximate surface area is 143 Å². The number of aliphatic hydroxyl groups excluding tert-OH is 1. The number of ether oxygens (including phenoxy) is 1. The molecule has 5 heteroatoms. The van der Waals surface area contributed by atoms with Crippen molar-refractivity contribution in [3.8, 4) is 0 Å². The molecule has 0 unspecified atom stereocenters. The molecule has 130 valence electrons. The quantitative estimate of drug-likeness (QED) is 0.902. The predicted molar refractivity (Wildman–Crippen MR) is 95.0 cm³/mol. The molecule has 0 aliphatic carbocycles. The molecule has 1 aromatic heterocycles. The summed E-state index contributed by atoms with van der Waals surface area (Å²) in [6, 6.07) is 11.2. The van der Waals surface area contributed by atoms with E-state index in [2.05, 4.69) is 45.1 Å². The molecule has 0 saturated carbocycles. The van der Waals surface area contributed by atoms with Crippen LogP contribution in [0, 0.1) is 0 Å². The fourth-order valence-corrected chi connectivity index (χ4v) is 4.06. The Morgan fingerprint density at radius 3 is 2.79 bits per heavy atom. The molecular formula is C19H27N3O2. The molecule has 1 aromatic carbocycles. The van der Waals surface area contributed by atoms with E-state index >= 15 is 0 Å². The summed E-state index contributed by atoms with van der Waals surface area (Å²) in [5.74, 6) is 0. The second-order valence-electron chi connectivity index (χ2n) is 7.11. The topological polar surface area (TPSA) is 51.7 Å². The molecule has 0 radical (unpaired) electrons. The van der Waals surface area contributed by atoms with Gasteiger partial charge in [0.1, 0.15) is 0 Å². The van der Waals surface area contributed by atoms with Crippen LogP contribution in [0.1, 0.15) is 18.5 Å². The van der Waals surface area contributed by atoms with E-state index in [9.17, 15) is 5.11 Å². The first-order valence-electron chi connectivity index (χ1n) is 9.07. The lowest BCUT2D eigenvalue weighted by Gasteiger charge is -2.33. The maximum atomic E-state index is 10.5. The zero-order valence-corrected chi connectivity index (χ0v) is 14.2. The van der Waals surface area contributed by atoms with Crippen LogP contribution in [-0.2, 0) is 11.3 Å². The minimum absolute atomic E-state index is 0.278. The van der Waals surface area contributed by atoms with E-state index in [1.807, 2.05) is 0 Å². The lowest BCUT2D eigenvalue weighted by Crippen LogP contribution is -2.43. The van der Waals surface area contributed by atoms with Gasteiger partial charge in [-0.3, -0.25) is 9.80 Å². The van der Waals surface area contributed by atoms with Crippen molar-refractivity contribution in [1.29, 1.82) is 0 Å². The molecule has 2 saturated heterocycles. The maximum Gasteiger partial charge on any atom is 0.0794 e. The molecule has 24 heavy (non-hydrogen) atoms. The van der Waals surface area contributed by atoms with Gasteiger partial charge >= 0.3 is 0 Å². The van der Waals surface area contributed by atoms with Crippen LogP contribution < -0.4 is 0 Å². The van der Waals surface area contributed by atoms with Crippen molar-refractivity contribution in [2.75, 3.05) is 39.4 Å². The highest BCUT2D eigenvalue weighted by atomic mass is 16.5. The summed E-state index contributed by atoms with van der Waals surface area (Å²) in [6.07, 6.45) is 1.91. The number of β-amino-alcohol motifs (C(OH)–C–C–N with tert-alkyl or cyclic N) is 1. The highest BCUT2D eigenvalue weighted by molar-refractivity contribution is 5.80. The Kier molecular flexibility index (Phi) is 4.85. The average molecular weight is 329 g/mol. The largest absolute Gasteiger partial charge is 0.390 e. The zero-order chi connectivity index (χ0) is 16.4. The van der Waals surface area contributed by atoms with Gasteiger partial charge in [0.25, 0.3) is 0 Å². The van der Waals surface area contributed by atoms with Crippen molar-refractivity contribution in [3.05, 3.63) is 36.0 Å². The molecule has 2 aliphatic heterocycles. The number of rotatable bonds is 3. The van der Waals surface area contributed by atoms with Gasteiger partial charge in [-0.15, -0.1) is 0 Å². The smallest absolute Gasteiger partial charge is 0.0794 e. The number of benzene rings is 1. The van der Waals surface area contributed by atoms with Crippen molar-refractivity contribution in [2.45, 2.75) is 31.5 Å². The highest BCUT2D eigenvalue weighted by Gasteiger charge is 2.27. The minimum Gasteiger partial charge on any atom is -0.390 e. The van der Waals surface area contributed by atoms with E-state index in [1.165, 1.54) is 16.6 Å². The Morgan fingerprint density at radius 1 is 1.12 bits per heavy atom. The van der Waals surface area contributed by atoms with Crippen LogP contribution in [-0.4, -0.2) is 71.4 Å². The van der Waals surface area contributed by atoms with Crippen LogP contribution in [0.3, 0.4) is 0 Å². The van der Waals surface area contributed by atoms with Gasteiger partial charge in [-0.25, -0.2) is 0 Å². The van der Waals surface area contributed by atoms with E-state index in [4.69, 9.17) is 4.74 Å². The Morgan fingerprint density at radius 2 is 1.96 bits per heavy atom. The summed E-state index contributed by atoms with van der Waals surface area (Å²) < 4.78 is 5.47. The van der Waals surface area contributed by atoms with E-state index < -0.39 is 0 Å². The molecule has 5 nitrogen and oxygen atoms in total. The molecule has 0 bridgehead atoms. The molecule has 0 amide bonds. The van der Waals surface area contributed by atoms with Gasteiger partial charge in [0.15, 0.2) is 0 Å². The van der Waals surface area contributed by atoms with Crippen LogP contribution in [0.4, 0.5) is 0 Å². The Bertz CT molecular complexity index is 632. The monoisotopic (exact) mass is 329 g/mol. The number of aromatic amines is 1. The summed E-state index contributed by atoms with van der Waals surface area (Å²) in [6.45, 7) is 6.15. The van der Waals surface area contributed by atoms with E-state index in [1.54, 1.807) is 0 Å². The molecule has 2 aliphatic rings. The summed E-state index contributed by atoms with van der Waals surface area (Å²) in [7, 11) is 0. The molecular weight excluding hydrogens is 302 g/mol. The number of aliphatic hydroxyl groups is 1. The SMILES string of the molecule is O[C@@H]1CN(Cc2cc3ccccc3[nH]2)CCN(C2CCOCC2)C1. The van der Waals surface area contributed by atoms with E-state index in [-0.39, 0.29) is 6.10 Å². The molecule has 2 aromatic rings. The number of aromatic nitrogens is 1. The summed E-state index contributed by atoms with van der Waals surface area (Å²) in [4.78, 5) is 8.34. The summed E-state index contributed by atoms with van der Waals surface area (Å²) in [5.41, 5.74) is 2.41. The lowest BCUT2D eigenvalue weighted by atomic mass is 10.1. The first-order chi connectivity index (χ1) is 11.8. The highest BCUT2D eigenvalue weighted by Crippen LogP contribution is 2.19. The predicted octanol–water partition coefficient (Wildman–Crippen LogP) is 1.83. The lowest BCUT2D eigenvalue weighted by molar-refractivity contribution is 0.0217. The van der Waals surface area contributed by atoms with Gasteiger partial charge < -0.3 is 14.8 Å². The Balaban J connectivity index is 1.40. The van der Waals surface area contributed by atoms with Crippen molar-refractivity contribution in [1.82, 2.24) is 14.8 Å². The van der Waals surface area contributed by atoms with Crippen LogP contribution in [0.2, 0.25) is 0 Å². The van der Waals surface area contributed by atoms with Crippen LogP contribution in [0.15, 0.2) is 30.3 Å². The number of nitrogens with zero attached hydrogens (tertiary/aromatic N) is 2. The normalized spacial score (nSPS) is 25.1.